The standard InChI is InChI=1S/C12H18O/c1-4-5-12(13)11-7-9(2)6-10(3)8-11/h6-8,12-13H,4-5H2,1-3H3/t12-/m1/s1. The maximum atomic E-state index is 9.77. The Morgan fingerprint density at radius 3 is 2.15 bits per heavy atom. The van der Waals surface area contributed by atoms with Gasteiger partial charge in [0.25, 0.3) is 0 Å². The molecule has 0 spiro atoms. The van der Waals surface area contributed by atoms with Gasteiger partial charge in [-0.1, -0.05) is 42.7 Å². The molecule has 13 heavy (non-hydrogen) atoms. The molecule has 0 radical (unpaired) electrons. The van der Waals surface area contributed by atoms with E-state index >= 15 is 0 Å². The van der Waals surface area contributed by atoms with Gasteiger partial charge < -0.3 is 5.11 Å². The van der Waals surface area contributed by atoms with Gasteiger partial charge in [0.05, 0.1) is 6.10 Å². The van der Waals surface area contributed by atoms with Crippen LogP contribution in [0.3, 0.4) is 0 Å². The Kier molecular flexibility index (Phi) is 3.49. The smallest absolute Gasteiger partial charge is 0.0790 e. The van der Waals surface area contributed by atoms with E-state index in [1.807, 2.05) is 0 Å². The molecule has 0 heterocycles. The Hall–Kier alpha value is -0.820. The summed E-state index contributed by atoms with van der Waals surface area (Å²) in [4.78, 5) is 0. The summed E-state index contributed by atoms with van der Waals surface area (Å²) in [5.41, 5.74) is 3.51. The highest BCUT2D eigenvalue weighted by molar-refractivity contribution is 5.29. The van der Waals surface area contributed by atoms with Crippen molar-refractivity contribution in [3.63, 3.8) is 0 Å². The minimum atomic E-state index is -0.288. The molecular formula is C12H18O. The molecule has 0 aliphatic carbocycles. The third-order valence-electron chi connectivity index (χ3n) is 2.19. The highest BCUT2D eigenvalue weighted by Crippen LogP contribution is 2.20. The van der Waals surface area contributed by atoms with E-state index in [1.165, 1.54) is 11.1 Å². The number of hydrogen-bond donors (Lipinski definition) is 1. The van der Waals surface area contributed by atoms with Gasteiger partial charge in [-0.3, -0.25) is 0 Å². The summed E-state index contributed by atoms with van der Waals surface area (Å²) < 4.78 is 0. The van der Waals surface area contributed by atoms with Gasteiger partial charge in [-0.15, -0.1) is 0 Å². The van der Waals surface area contributed by atoms with Crippen LogP contribution in [0.25, 0.3) is 0 Å². The van der Waals surface area contributed by atoms with Crippen molar-refractivity contribution in [2.24, 2.45) is 0 Å². The Morgan fingerprint density at radius 1 is 1.15 bits per heavy atom. The molecule has 1 aromatic carbocycles. The zero-order chi connectivity index (χ0) is 9.84. The zero-order valence-corrected chi connectivity index (χ0v) is 8.67. The topological polar surface area (TPSA) is 20.2 Å². The molecule has 0 saturated carbocycles. The average Bonchev–Trinajstić information content (AvgIpc) is 2.03. The van der Waals surface area contributed by atoms with Gasteiger partial charge in [-0.25, -0.2) is 0 Å². The third kappa shape index (κ3) is 2.85. The Labute approximate surface area is 80.4 Å². The van der Waals surface area contributed by atoms with Gasteiger partial charge in [0.2, 0.25) is 0 Å². The number of aliphatic hydroxyl groups excluding tert-OH is 1. The summed E-state index contributed by atoms with van der Waals surface area (Å²) in [5, 5.41) is 9.77. The fraction of sp³-hybridized carbons (Fsp3) is 0.500. The summed E-state index contributed by atoms with van der Waals surface area (Å²) >= 11 is 0. The van der Waals surface area contributed by atoms with Gasteiger partial charge >= 0.3 is 0 Å². The van der Waals surface area contributed by atoms with Crippen molar-refractivity contribution in [2.75, 3.05) is 0 Å². The molecule has 0 fully saturated rings. The van der Waals surface area contributed by atoms with E-state index in [2.05, 4.69) is 39.0 Å². The molecule has 0 aliphatic heterocycles. The molecule has 0 aliphatic rings. The first-order valence-corrected chi connectivity index (χ1v) is 4.89. The third-order valence-corrected chi connectivity index (χ3v) is 2.19. The Bertz CT molecular complexity index is 258. The van der Waals surface area contributed by atoms with E-state index in [0.29, 0.717) is 0 Å². The van der Waals surface area contributed by atoms with Gasteiger partial charge in [0.15, 0.2) is 0 Å². The van der Waals surface area contributed by atoms with Crippen molar-refractivity contribution in [1.29, 1.82) is 0 Å². The molecule has 0 saturated heterocycles. The molecule has 1 aromatic rings. The van der Waals surface area contributed by atoms with Crippen LogP contribution in [0, 0.1) is 13.8 Å². The maximum absolute atomic E-state index is 9.77. The molecule has 0 bridgehead atoms. The summed E-state index contributed by atoms with van der Waals surface area (Å²) in [6.45, 7) is 6.22. The van der Waals surface area contributed by atoms with Crippen LogP contribution in [-0.4, -0.2) is 5.11 Å². The van der Waals surface area contributed by atoms with E-state index < -0.39 is 0 Å². The van der Waals surface area contributed by atoms with Crippen molar-refractivity contribution in [2.45, 2.75) is 39.7 Å². The van der Waals surface area contributed by atoms with E-state index in [1.54, 1.807) is 0 Å². The summed E-state index contributed by atoms with van der Waals surface area (Å²) in [7, 11) is 0. The highest BCUT2D eigenvalue weighted by atomic mass is 16.3. The normalized spacial score (nSPS) is 12.9. The first kappa shape index (κ1) is 10.3. The molecule has 1 N–H and O–H groups in total. The molecule has 1 atom stereocenters. The SMILES string of the molecule is CCC[C@@H](O)c1cc(C)cc(C)c1. The predicted molar refractivity (Wildman–Crippen MR) is 55.8 cm³/mol. The maximum Gasteiger partial charge on any atom is 0.0790 e. The first-order valence-electron chi connectivity index (χ1n) is 4.89. The number of aliphatic hydroxyl groups is 1. The van der Waals surface area contributed by atoms with Crippen LogP contribution in [0.15, 0.2) is 18.2 Å². The lowest BCUT2D eigenvalue weighted by Crippen LogP contribution is -1.97. The zero-order valence-electron chi connectivity index (χ0n) is 8.67. The van der Waals surface area contributed by atoms with Crippen LogP contribution in [0.2, 0.25) is 0 Å². The van der Waals surface area contributed by atoms with E-state index in [4.69, 9.17) is 0 Å². The van der Waals surface area contributed by atoms with Crippen molar-refractivity contribution in [3.8, 4) is 0 Å². The van der Waals surface area contributed by atoms with Crippen LogP contribution in [0.4, 0.5) is 0 Å². The summed E-state index contributed by atoms with van der Waals surface area (Å²) in [5.74, 6) is 0. The van der Waals surface area contributed by atoms with E-state index in [-0.39, 0.29) is 6.10 Å². The quantitative estimate of drug-likeness (QED) is 0.754. The van der Waals surface area contributed by atoms with Crippen molar-refractivity contribution < 1.29 is 5.11 Å². The van der Waals surface area contributed by atoms with Gasteiger partial charge in [0.1, 0.15) is 0 Å². The Morgan fingerprint density at radius 2 is 1.69 bits per heavy atom. The van der Waals surface area contributed by atoms with Crippen molar-refractivity contribution in [1.82, 2.24) is 0 Å². The number of rotatable bonds is 3. The lowest BCUT2D eigenvalue weighted by atomic mass is 10.0. The fourth-order valence-electron chi connectivity index (χ4n) is 1.64. The molecule has 1 heteroatoms. The molecular weight excluding hydrogens is 160 g/mol. The number of hydrogen-bond acceptors (Lipinski definition) is 1. The second-order valence-electron chi connectivity index (χ2n) is 3.73. The van der Waals surface area contributed by atoms with Gasteiger partial charge in [-0.2, -0.15) is 0 Å². The molecule has 0 amide bonds. The first-order chi connectivity index (χ1) is 6.13. The second-order valence-corrected chi connectivity index (χ2v) is 3.73. The van der Waals surface area contributed by atoms with Gasteiger partial charge in [0, 0.05) is 0 Å². The summed E-state index contributed by atoms with van der Waals surface area (Å²) in [6.07, 6.45) is 1.58. The van der Waals surface area contributed by atoms with Crippen molar-refractivity contribution in [3.05, 3.63) is 34.9 Å². The van der Waals surface area contributed by atoms with Crippen LogP contribution >= 0.6 is 0 Å². The fourth-order valence-corrected chi connectivity index (χ4v) is 1.64. The van der Waals surface area contributed by atoms with E-state index in [9.17, 15) is 5.11 Å². The van der Waals surface area contributed by atoms with Crippen LogP contribution in [0.1, 0.15) is 42.6 Å². The molecule has 72 valence electrons. The predicted octanol–water partition coefficient (Wildman–Crippen LogP) is 3.14. The minimum Gasteiger partial charge on any atom is -0.388 e. The summed E-state index contributed by atoms with van der Waals surface area (Å²) in [6, 6.07) is 6.25. The van der Waals surface area contributed by atoms with Crippen LogP contribution in [0.5, 0.6) is 0 Å². The molecule has 0 aromatic heterocycles. The number of aryl methyl sites for hydroxylation is 2. The van der Waals surface area contributed by atoms with E-state index in [0.717, 1.165) is 18.4 Å². The Balaban J connectivity index is 2.87. The highest BCUT2D eigenvalue weighted by Gasteiger charge is 2.06. The average molecular weight is 178 g/mol. The van der Waals surface area contributed by atoms with Crippen molar-refractivity contribution >= 4 is 0 Å². The minimum absolute atomic E-state index is 0.288. The molecule has 0 unspecified atom stereocenters. The molecule has 1 nitrogen and oxygen atoms in total. The van der Waals surface area contributed by atoms with Crippen LogP contribution in [-0.2, 0) is 0 Å². The molecule has 1 rings (SSSR count). The van der Waals surface area contributed by atoms with Crippen LogP contribution < -0.4 is 0 Å². The van der Waals surface area contributed by atoms with Gasteiger partial charge in [-0.05, 0) is 25.8 Å². The lowest BCUT2D eigenvalue weighted by molar-refractivity contribution is 0.166. The lowest BCUT2D eigenvalue weighted by Gasteiger charge is -2.11. The number of benzene rings is 1. The largest absolute Gasteiger partial charge is 0.388 e. The second kappa shape index (κ2) is 4.43. The monoisotopic (exact) mass is 178 g/mol.